The van der Waals surface area contributed by atoms with Gasteiger partial charge in [0.25, 0.3) is 0 Å². The van der Waals surface area contributed by atoms with Crippen LogP contribution in [0.4, 0.5) is 50.4 Å². The van der Waals surface area contributed by atoms with Crippen LogP contribution in [0.1, 0.15) is 51.7 Å². The number of hydrogen-bond acceptors (Lipinski definition) is 0. The van der Waals surface area contributed by atoms with Crippen LogP contribution in [-0.2, 0) is 13.1 Å². The minimum atomic E-state index is -10.7. The van der Waals surface area contributed by atoms with Gasteiger partial charge in [0.2, 0.25) is 0 Å². The third kappa shape index (κ3) is 22.4. The van der Waals surface area contributed by atoms with E-state index in [1.807, 2.05) is 0 Å². The van der Waals surface area contributed by atoms with E-state index < -0.39 is 15.6 Å². The van der Waals surface area contributed by atoms with Gasteiger partial charge in [0.15, 0.2) is 31.3 Å². The molecule has 1 atom stereocenters. The van der Waals surface area contributed by atoms with Crippen molar-refractivity contribution in [3.05, 3.63) is 84.4 Å². The summed E-state index contributed by atoms with van der Waals surface area (Å²) in [7, 11) is -21.3. The Hall–Kier alpha value is -2.46. The third-order valence-electron chi connectivity index (χ3n) is 5.01. The Bertz CT molecular complexity index is 1160. The number of benzene rings is 1. The van der Waals surface area contributed by atoms with Crippen molar-refractivity contribution in [2.24, 2.45) is 0 Å². The van der Waals surface area contributed by atoms with E-state index in [1.165, 1.54) is 28.7 Å². The summed E-state index contributed by atoms with van der Waals surface area (Å²) < 4.78 is 123. The Labute approximate surface area is 224 Å². The Morgan fingerprint density at radius 3 is 1.20 bits per heavy atom. The second-order valence-electron chi connectivity index (χ2n) is 8.64. The van der Waals surface area contributed by atoms with Gasteiger partial charge in [-0.2, -0.15) is 0 Å². The van der Waals surface area contributed by atoms with Gasteiger partial charge in [0, 0.05) is 29.8 Å². The first-order chi connectivity index (χ1) is 17.1. The van der Waals surface area contributed by atoms with Crippen LogP contribution >= 0.6 is 15.6 Å². The molecule has 0 aliphatic rings. The molecule has 2 heterocycles. The van der Waals surface area contributed by atoms with Crippen LogP contribution in [0.5, 0.6) is 0 Å². The van der Waals surface area contributed by atoms with E-state index in [0.29, 0.717) is 5.92 Å². The van der Waals surface area contributed by atoms with Crippen LogP contribution in [0.2, 0.25) is 0 Å². The van der Waals surface area contributed by atoms with Gasteiger partial charge in [-0.25, -0.2) is 9.13 Å². The summed E-state index contributed by atoms with van der Waals surface area (Å²) in [6, 6.07) is 17.8. The van der Waals surface area contributed by atoms with Gasteiger partial charge in [-0.3, -0.25) is 0 Å². The van der Waals surface area contributed by atoms with E-state index in [1.54, 1.807) is 0 Å². The molecule has 16 heteroatoms. The Morgan fingerprint density at radius 1 is 0.575 bits per heavy atom. The molecular formula is C24H32F12N2P2. The molecule has 2 aromatic heterocycles. The Balaban J connectivity index is 0.000000844. The van der Waals surface area contributed by atoms with Crippen molar-refractivity contribution in [3.63, 3.8) is 0 Å². The zero-order valence-corrected chi connectivity index (χ0v) is 22.7. The molecule has 1 unspecified atom stereocenters. The molecule has 0 bridgehead atoms. The average Bonchev–Trinajstić information content (AvgIpc) is 2.75. The number of hydrogen-bond donors (Lipinski definition) is 0. The molecule has 40 heavy (non-hydrogen) atoms. The van der Waals surface area contributed by atoms with Crippen molar-refractivity contribution < 1.29 is 59.5 Å². The molecule has 0 radical (unpaired) electrons. The van der Waals surface area contributed by atoms with Crippen molar-refractivity contribution in [1.29, 1.82) is 0 Å². The van der Waals surface area contributed by atoms with E-state index in [0.717, 1.165) is 13.1 Å². The van der Waals surface area contributed by atoms with Crippen molar-refractivity contribution in [3.8, 4) is 11.1 Å². The SMILES string of the molecule is C.CCC(C)c1ccc(C[n+]2ccc(-c3cc[n+](CC)cc3)cc2)cc1.F[P-](F)(F)(F)(F)F.F[P-](F)(F)(F)(F)F. The summed E-state index contributed by atoms with van der Waals surface area (Å²) >= 11 is 0. The van der Waals surface area contributed by atoms with Crippen molar-refractivity contribution in [1.82, 2.24) is 0 Å². The molecular weight excluding hydrogens is 606 g/mol. The fourth-order valence-corrected chi connectivity index (χ4v) is 3.01. The molecule has 232 valence electrons. The molecule has 3 aromatic rings. The second kappa shape index (κ2) is 11.4. The Morgan fingerprint density at radius 2 is 0.900 bits per heavy atom. The van der Waals surface area contributed by atoms with Gasteiger partial charge in [-0.15, -0.1) is 0 Å². The van der Waals surface area contributed by atoms with Crippen molar-refractivity contribution in [2.45, 2.75) is 53.6 Å². The summed E-state index contributed by atoms with van der Waals surface area (Å²) in [5.41, 5.74) is 5.29. The number of pyridine rings is 2. The zero-order valence-electron chi connectivity index (χ0n) is 21.0. The first-order valence-corrected chi connectivity index (χ1v) is 15.4. The number of aryl methyl sites for hydroxylation is 1. The molecule has 0 fully saturated rings. The molecule has 0 N–H and O–H groups in total. The molecule has 2 nitrogen and oxygen atoms in total. The molecule has 0 spiro atoms. The normalized spacial score (nSPS) is 15.7. The van der Waals surface area contributed by atoms with E-state index in [9.17, 15) is 50.4 Å². The van der Waals surface area contributed by atoms with Crippen LogP contribution in [-0.4, -0.2) is 0 Å². The summed E-state index contributed by atoms with van der Waals surface area (Å²) in [5.74, 6) is 0.637. The number of rotatable bonds is 6. The Kier molecular flexibility index (Phi) is 10.7. The summed E-state index contributed by atoms with van der Waals surface area (Å²) in [6.07, 6.45) is 9.79. The molecule has 3 rings (SSSR count). The average molecular weight is 638 g/mol. The van der Waals surface area contributed by atoms with E-state index in [-0.39, 0.29) is 7.43 Å². The van der Waals surface area contributed by atoms with Crippen molar-refractivity contribution in [2.75, 3.05) is 0 Å². The topological polar surface area (TPSA) is 7.76 Å². The van der Waals surface area contributed by atoms with Crippen LogP contribution in [0, 0.1) is 0 Å². The monoisotopic (exact) mass is 638 g/mol. The standard InChI is InChI=1S/C23H28N2.CH4.2F6P/c1-4-19(3)21-8-6-20(7-9-21)18-25-16-12-23(13-17-25)22-10-14-24(5-2)15-11-22;;2*1-7(2,3,4,5)6/h6-17,19H,4-5,18H2,1-3H3;1H4;;/q+2;;2*-1. The van der Waals surface area contributed by atoms with E-state index in [4.69, 9.17) is 0 Å². The molecule has 0 saturated carbocycles. The number of aromatic nitrogens is 2. The van der Waals surface area contributed by atoms with E-state index >= 15 is 0 Å². The molecule has 0 saturated heterocycles. The van der Waals surface area contributed by atoms with Gasteiger partial charge < -0.3 is 0 Å². The molecule has 1 aromatic carbocycles. The predicted molar refractivity (Wildman–Crippen MR) is 136 cm³/mol. The second-order valence-corrected chi connectivity index (χ2v) is 12.5. The molecule has 0 aliphatic carbocycles. The minimum absolute atomic E-state index is 0. The summed E-state index contributed by atoms with van der Waals surface area (Å²) in [4.78, 5) is 0. The first-order valence-electron chi connectivity index (χ1n) is 11.3. The van der Waals surface area contributed by atoms with Crippen LogP contribution in [0.15, 0.2) is 73.3 Å². The molecule has 0 aliphatic heterocycles. The maximum absolute atomic E-state index is 10.7. The molecule has 0 amide bonds. The quantitative estimate of drug-likeness (QED) is 0.144. The number of halogens is 12. The fourth-order valence-electron chi connectivity index (χ4n) is 3.01. The summed E-state index contributed by atoms with van der Waals surface area (Å²) in [5, 5.41) is 0. The maximum atomic E-state index is 9.87. The van der Waals surface area contributed by atoms with Gasteiger partial charge in [-0.05, 0) is 36.0 Å². The van der Waals surface area contributed by atoms with Gasteiger partial charge in [0.1, 0.15) is 6.54 Å². The van der Waals surface area contributed by atoms with Crippen LogP contribution in [0.25, 0.3) is 11.1 Å². The van der Waals surface area contributed by atoms with E-state index in [2.05, 4.69) is 103 Å². The fraction of sp³-hybridized carbons (Fsp3) is 0.333. The predicted octanol–water partition coefficient (Wildman–Crippen LogP) is 11.9. The zero-order chi connectivity index (χ0) is 30.5. The van der Waals surface area contributed by atoms with Gasteiger partial charge >= 0.3 is 66.0 Å². The number of nitrogens with zero attached hydrogens (tertiary/aromatic N) is 2. The third-order valence-corrected chi connectivity index (χ3v) is 5.01. The van der Waals surface area contributed by atoms with Crippen LogP contribution in [0.3, 0.4) is 0 Å². The van der Waals surface area contributed by atoms with Gasteiger partial charge in [0.05, 0.1) is 0 Å². The van der Waals surface area contributed by atoms with Gasteiger partial charge in [-0.1, -0.05) is 45.5 Å². The van der Waals surface area contributed by atoms with Crippen molar-refractivity contribution >= 4 is 15.6 Å². The summed E-state index contributed by atoms with van der Waals surface area (Å²) in [6.45, 7) is 8.59. The first kappa shape index (κ1) is 37.5. The van der Waals surface area contributed by atoms with Crippen LogP contribution < -0.4 is 9.13 Å².